The first-order valence-corrected chi connectivity index (χ1v) is 8.35. The summed E-state index contributed by atoms with van der Waals surface area (Å²) < 4.78 is 0. The molecule has 0 saturated carbocycles. The van der Waals surface area contributed by atoms with Crippen LogP contribution in [0.5, 0.6) is 0 Å². The van der Waals surface area contributed by atoms with Crippen LogP contribution in [0.25, 0.3) is 0 Å². The van der Waals surface area contributed by atoms with Gasteiger partial charge in [0.2, 0.25) is 0 Å². The molecule has 2 atom stereocenters. The molecule has 2 heterocycles. The maximum Gasteiger partial charge on any atom is 0.0120 e. The van der Waals surface area contributed by atoms with Crippen molar-refractivity contribution in [1.82, 2.24) is 15.1 Å². The van der Waals surface area contributed by atoms with Crippen LogP contribution in [0.3, 0.4) is 0 Å². The average Bonchev–Trinajstić information content (AvgIpc) is 2.48. The minimum atomic E-state index is 0.717. The molecule has 1 N–H and O–H groups in total. The van der Waals surface area contributed by atoms with Crippen molar-refractivity contribution in [2.75, 3.05) is 39.8 Å². The lowest BCUT2D eigenvalue weighted by Gasteiger charge is -2.43. The van der Waals surface area contributed by atoms with E-state index in [1.54, 1.807) is 0 Å². The highest BCUT2D eigenvalue weighted by Crippen LogP contribution is 2.23. The Morgan fingerprint density at radius 3 is 2.21 bits per heavy atom. The quantitative estimate of drug-likeness (QED) is 0.824. The maximum absolute atomic E-state index is 3.31. The summed E-state index contributed by atoms with van der Waals surface area (Å²) in [7, 11) is 2.06. The highest BCUT2D eigenvalue weighted by Gasteiger charge is 2.28. The number of hydrogen-bond donors (Lipinski definition) is 1. The van der Waals surface area contributed by atoms with Crippen molar-refractivity contribution < 1.29 is 0 Å². The molecule has 2 unspecified atom stereocenters. The van der Waals surface area contributed by atoms with E-state index in [4.69, 9.17) is 0 Å². The van der Waals surface area contributed by atoms with Crippen molar-refractivity contribution in [3.8, 4) is 0 Å². The third kappa shape index (κ3) is 4.17. The Hall–Kier alpha value is -0.120. The molecule has 3 nitrogen and oxygen atoms in total. The van der Waals surface area contributed by atoms with E-state index in [-0.39, 0.29) is 0 Å². The topological polar surface area (TPSA) is 18.5 Å². The lowest BCUT2D eigenvalue weighted by atomic mass is 9.95. The van der Waals surface area contributed by atoms with Crippen molar-refractivity contribution in [3.63, 3.8) is 0 Å². The summed E-state index contributed by atoms with van der Waals surface area (Å²) in [5, 5.41) is 3.31. The fourth-order valence-electron chi connectivity index (χ4n) is 3.79. The van der Waals surface area contributed by atoms with Gasteiger partial charge in [-0.2, -0.15) is 0 Å². The predicted molar refractivity (Wildman–Crippen MR) is 82.6 cm³/mol. The molecule has 3 heteroatoms. The Morgan fingerprint density at radius 1 is 1.00 bits per heavy atom. The van der Waals surface area contributed by atoms with Gasteiger partial charge in [0, 0.05) is 12.1 Å². The van der Waals surface area contributed by atoms with E-state index in [1.165, 1.54) is 58.3 Å². The molecule has 0 radical (unpaired) electrons. The SMILES string of the molecule is CNCC(C)C(C)N1CCC(N2CCCCC2)CC1. The molecule has 0 aromatic rings. The molecule has 112 valence electrons. The normalized spacial score (nSPS) is 27.3. The second kappa shape index (κ2) is 7.61. The summed E-state index contributed by atoms with van der Waals surface area (Å²) in [5.74, 6) is 0.747. The van der Waals surface area contributed by atoms with Gasteiger partial charge in [-0.1, -0.05) is 13.3 Å². The van der Waals surface area contributed by atoms with Crippen LogP contribution in [-0.4, -0.2) is 61.7 Å². The summed E-state index contributed by atoms with van der Waals surface area (Å²) in [6.07, 6.45) is 7.08. The van der Waals surface area contributed by atoms with Crippen LogP contribution in [0, 0.1) is 5.92 Å². The van der Waals surface area contributed by atoms with Crippen LogP contribution >= 0.6 is 0 Å². The molecule has 2 saturated heterocycles. The summed E-state index contributed by atoms with van der Waals surface area (Å²) in [6, 6.07) is 1.60. The van der Waals surface area contributed by atoms with Gasteiger partial charge in [-0.3, -0.25) is 0 Å². The highest BCUT2D eigenvalue weighted by molar-refractivity contribution is 4.84. The van der Waals surface area contributed by atoms with Crippen LogP contribution in [0.15, 0.2) is 0 Å². The van der Waals surface area contributed by atoms with Gasteiger partial charge < -0.3 is 15.1 Å². The third-order valence-electron chi connectivity index (χ3n) is 5.33. The van der Waals surface area contributed by atoms with Crippen molar-refractivity contribution in [3.05, 3.63) is 0 Å². The fourth-order valence-corrected chi connectivity index (χ4v) is 3.79. The van der Waals surface area contributed by atoms with E-state index in [2.05, 4.69) is 36.0 Å². The van der Waals surface area contributed by atoms with Gasteiger partial charge in [0.15, 0.2) is 0 Å². The molecule has 2 rings (SSSR count). The number of piperidine rings is 2. The smallest absolute Gasteiger partial charge is 0.0120 e. The zero-order valence-corrected chi connectivity index (χ0v) is 13.2. The van der Waals surface area contributed by atoms with Gasteiger partial charge in [0.25, 0.3) is 0 Å². The van der Waals surface area contributed by atoms with Crippen LogP contribution in [0.2, 0.25) is 0 Å². The lowest BCUT2D eigenvalue weighted by molar-refractivity contribution is 0.0628. The Labute approximate surface area is 119 Å². The molecule has 0 bridgehead atoms. The Bertz CT molecular complexity index is 242. The van der Waals surface area contributed by atoms with Gasteiger partial charge in [0.1, 0.15) is 0 Å². The van der Waals surface area contributed by atoms with Crippen molar-refractivity contribution in [1.29, 1.82) is 0 Å². The van der Waals surface area contributed by atoms with Crippen LogP contribution in [0.4, 0.5) is 0 Å². The predicted octanol–water partition coefficient (Wildman–Crippen LogP) is 2.18. The molecular weight excluding hydrogens is 234 g/mol. The van der Waals surface area contributed by atoms with Gasteiger partial charge in [-0.05, 0) is 78.3 Å². The molecule has 2 fully saturated rings. The molecule has 0 aromatic carbocycles. The van der Waals surface area contributed by atoms with Crippen LogP contribution in [-0.2, 0) is 0 Å². The molecule has 2 aliphatic heterocycles. The Balaban J connectivity index is 1.75. The second-order valence-corrected chi connectivity index (χ2v) is 6.64. The Kier molecular flexibility index (Phi) is 6.11. The maximum atomic E-state index is 3.31. The molecule has 0 aliphatic carbocycles. The molecule has 2 aliphatic rings. The summed E-state index contributed by atoms with van der Waals surface area (Å²) in [5.41, 5.74) is 0. The van der Waals surface area contributed by atoms with E-state index in [1.807, 2.05) is 0 Å². The molecule has 0 spiro atoms. The summed E-state index contributed by atoms with van der Waals surface area (Å²) in [6.45, 7) is 11.2. The minimum Gasteiger partial charge on any atom is -0.319 e. The second-order valence-electron chi connectivity index (χ2n) is 6.64. The van der Waals surface area contributed by atoms with Gasteiger partial charge >= 0.3 is 0 Å². The van der Waals surface area contributed by atoms with Crippen molar-refractivity contribution in [2.45, 2.75) is 58.0 Å². The van der Waals surface area contributed by atoms with E-state index in [0.717, 1.165) is 24.5 Å². The van der Waals surface area contributed by atoms with E-state index in [9.17, 15) is 0 Å². The first-order valence-electron chi connectivity index (χ1n) is 8.35. The number of rotatable bonds is 5. The van der Waals surface area contributed by atoms with Gasteiger partial charge in [0.05, 0.1) is 0 Å². The first-order chi connectivity index (χ1) is 9.22. The van der Waals surface area contributed by atoms with E-state index >= 15 is 0 Å². The number of nitrogens with zero attached hydrogens (tertiary/aromatic N) is 2. The zero-order valence-electron chi connectivity index (χ0n) is 13.2. The minimum absolute atomic E-state index is 0.717. The summed E-state index contributed by atoms with van der Waals surface area (Å²) >= 11 is 0. The van der Waals surface area contributed by atoms with Crippen molar-refractivity contribution >= 4 is 0 Å². The highest BCUT2D eigenvalue weighted by atomic mass is 15.2. The molecule has 0 aromatic heterocycles. The van der Waals surface area contributed by atoms with Gasteiger partial charge in [-0.25, -0.2) is 0 Å². The number of hydrogen-bond acceptors (Lipinski definition) is 3. The molecular formula is C16H33N3. The molecule has 0 amide bonds. The first kappa shape index (κ1) is 15.3. The van der Waals surface area contributed by atoms with E-state index < -0.39 is 0 Å². The average molecular weight is 267 g/mol. The third-order valence-corrected chi connectivity index (χ3v) is 5.33. The standard InChI is InChI=1S/C16H33N3/c1-14(13-17-3)15(2)18-11-7-16(8-12-18)19-9-5-4-6-10-19/h14-17H,4-13H2,1-3H3. The monoisotopic (exact) mass is 267 g/mol. The van der Waals surface area contributed by atoms with Crippen LogP contribution < -0.4 is 5.32 Å². The number of likely N-dealkylation sites (tertiary alicyclic amines) is 2. The largest absolute Gasteiger partial charge is 0.319 e. The molecule has 19 heavy (non-hydrogen) atoms. The lowest BCUT2D eigenvalue weighted by Crippen LogP contribution is -2.50. The van der Waals surface area contributed by atoms with Crippen molar-refractivity contribution in [2.24, 2.45) is 5.92 Å². The summed E-state index contributed by atoms with van der Waals surface area (Å²) in [4.78, 5) is 5.48. The number of nitrogens with one attached hydrogen (secondary N) is 1. The fraction of sp³-hybridized carbons (Fsp3) is 1.00. The van der Waals surface area contributed by atoms with E-state index in [0.29, 0.717) is 0 Å². The van der Waals surface area contributed by atoms with Gasteiger partial charge in [-0.15, -0.1) is 0 Å². The van der Waals surface area contributed by atoms with Crippen LogP contribution in [0.1, 0.15) is 46.0 Å². The Morgan fingerprint density at radius 2 is 1.63 bits per heavy atom. The zero-order chi connectivity index (χ0) is 13.7.